The Bertz CT molecular complexity index is 75.7. The van der Waals surface area contributed by atoms with Crippen LogP contribution in [0.3, 0.4) is 0 Å². The average Bonchev–Trinajstić information content (AvgIpc) is 1.69. The minimum absolute atomic E-state index is 0.116. The molecule has 0 aromatic carbocycles. The molecular formula is C5H10O3. The molecular weight excluding hydrogens is 108 g/mol. The molecule has 0 heterocycles. The Kier molecular flexibility index (Phi) is 3.23. The molecule has 0 aliphatic rings. The third kappa shape index (κ3) is 1.95. The Balaban J connectivity index is 3.52. The minimum Gasteiger partial charge on any atom is -0.508 e. The van der Waals surface area contributed by atoms with Crippen LogP contribution in [0.5, 0.6) is 0 Å². The van der Waals surface area contributed by atoms with Gasteiger partial charge >= 0.3 is 0 Å². The third-order valence-corrected chi connectivity index (χ3v) is 0.700. The van der Waals surface area contributed by atoms with Crippen LogP contribution < -0.4 is 0 Å². The van der Waals surface area contributed by atoms with E-state index in [4.69, 9.17) is 5.11 Å². The summed E-state index contributed by atoms with van der Waals surface area (Å²) >= 11 is 0. The van der Waals surface area contributed by atoms with Gasteiger partial charge in [0.2, 0.25) is 6.29 Å². The first kappa shape index (κ1) is 7.46. The van der Waals surface area contributed by atoms with Gasteiger partial charge in [0, 0.05) is 14.2 Å². The van der Waals surface area contributed by atoms with Crippen molar-refractivity contribution >= 4 is 0 Å². The highest BCUT2D eigenvalue weighted by atomic mass is 16.7. The largest absolute Gasteiger partial charge is 0.508 e. The van der Waals surface area contributed by atoms with Gasteiger partial charge in [-0.2, -0.15) is 0 Å². The fraction of sp³-hybridized carbons (Fsp3) is 0.600. The summed E-state index contributed by atoms with van der Waals surface area (Å²) in [6, 6.07) is 0. The van der Waals surface area contributed by atoms with Gasteiger partial charge in [-0.1, -0.05) is 6.58 Å². The van der Waals surface area contributed by atoms with Crippen molar-refractivity contribution in [1.82, 2.24) is 0 Å². The topological polar surface area (TPSA) is 38.7 Å². The number of aliphatic hydroxyl groups excluding tert-OH is 1. The van der Waals surface area contributed by atoms with Crippen molar-refractivity contribution < 1.29 is 14.6 Å². The summed E-state index contributed by atoms with van der Waals surface area (Å²) in [5.41, 5.74) is 0. The molecule has 0 spiro atoms. The quantitative estimate of drug-likeness (QED) is 0.437. The molecule has 0 aromatic rings. The van der Waals surface area contributed by atoms with E-state index in [1.807, 2.05) is 0 Å². The van der Waals surface area contributed by atoms with E-state index in [1.54, 1.807) is 0 Å². The molecule has 0 fully saturated rings. The fourth-order valence-electron chi connectivity index (χ4n) is 0.368. The lowest BCUT2D eigenvalue weighted by molar-refractivity contribution is -0.0957. The van der Waals surface area contributed by atoms with E-state index >= 15 is 0 Å². The average molecular weight is 118 g/mol. The number of ether oxygens (including phenoxy) is 2. The number of methoxy groups -OCH3 is 2. The number of rotatable bonds is 3. The molecule has 0 amide bonds. The van der Waals surface area contributed by atoms with Crippen molar-refractivity contribution in [3.8, 4) is 0 Å². The molecule has 0 radical (unpaired) electrons. The molecule has 3 heteroatoms. The first-order chi connectivity index (χ1) is 3.72. The molecule has 0 bridgehead atoms. The Morgan fingerprint density at radius 2 is 1.88 bits per heavy atom. The molecule has 0 saturated heterocycles. The van der Waals surface area contributed by atoms with Gasteiger partial charge in [-0.05, 0) is 0 Å². The molecule has 0 aliphatic heterocycles. The van der Waals surface area contributed by atoms with Crippen LogP contribution in [0.1, 0.15) is 0 Å². The predicted octanol–water partition coefficient (Wildman–Crippen LogP) is 0.677. The van der Waals surface area contributed by atoms with Crippen molar-refractivity contribution in [2.45, 2.75) is 6.29 Å². The number of hydrogen-bond donors (Lipinski definition) is 1. The van der Waals surface area contributed by atoms with Gasteiger partial charge in [0.05, 0.1) is 0 Å². The Morgan fingerprint density at radius 1 is 1.50 bits per heavy atom. The summed E-state index contributed by atoms with van der Waals surface area (Å²) < 4.78 is 9.18. The van der Waals surface area contributed by atoms with E-state index in [0.717, 1.165) is 0 Å². The summed E-state index contributed by atoms with van der Waals surface area (Å²) in [6.07, 6.45) is -0.685. The standard InChI is InChI=1S/C5H10O3/c1-4(6)5(7-2)8-3/h5-6H,1H2,2-3H3. The van der Waals surface area contributed by atoms with E-state index in [2.05, 4.69) is 16.1 Å². The molecule has 0 rings (SSSR count). The Hall–Kier alpha value is -0.540. The lowest BCUT2D eigenvalue weighted by atomic mass is 10.5. The molecule has 48 valence electrons. The van der Waals surface area contributed by atoms with Gasteiger partial charge in [0.1, 0.15) is 5.76 Å². The molecule has 8 heavy (non-hydrogen) atoms. The maximum absolute atomic E-state index is 8.57. The van der Waals surface area contributed by atoms with Gasteiger partial charge in [0.25, 0.3) is 0 Å². The molecule has 0 aromatic heterocycles. The zero-order valence-corrected chi connectivity index (χ0v) is 5.05. The summed E-state index contributed by atoms with van der Waals surface area (Å²) in [7, 11) is 2.85. The third-order valence-electron chi connectivity index (χ3n) is 0.700. The molecule has 1 N–H and O–H groups in total. The second-order valence-corrected chi connectivity index (χ2v) is 1.29. The summed E-state index contributed by atoms with van der Waals surface area (Å²) in [5.74, 6) is -0.116. The smallest absolute Gasteiger partial charge is 0.215 e. The van der Waals surface area contributed by atoms with Crippen LogP contribution in [0, 0.1) is 0 Å². The van der Waals surface area contributed by atoms with E-state index in [0.29, 0.717) is 0 Å². The molecule has 0 aliphatic carbocycles. The van der Waals surface area contributed by atoms with Crippen LogP contribution in [0.4, 0.5) is 0 Å². The lowest BCUT2D eigenvalue weighted by Gasteiger charge is -2.09. The van der Waals surface area contributed by atoms with Gasteiger partial charge in [-0.25, -0.2) is 0 Å². The van der Waals surface area contributed by atoms with E-state index in [-0.39, 0.29) is 5.76 Å². The van der Waals surface area contributed by atoms with Crippen LogP contribution in [-0.4, -0.2) is 25.6 Å². The summed E-state index contributed by atoms with van der Waals surface area (Å²) in [6.45, 7) is 3.20. The monoisotopic (exact) mass is 118 g/mol. The molecule has 0 unspecified atom stereocenters. The maximum Gasteiger partial charge on any atom is 0.215 e. The normalized spacial score (nSPS) is 9.88. The predicted molar refractivity (Wildman–Crippen MR) is 29.6 cm³/mol. The van der Waals surface area contributed by atoms with E-state index < -0.39 is 6.29 Å². The van der Waals surface area contributed by atoms with Crippen molar-refractivity contribution in [2.24, 2.45) is 0 Å². The Morgan fingerprint density at radius 3 is 1.88 bits per heavy atom. The first-order valence-electron chi connectivity index (χ1n) is 2.15. The van der Waals surface area contributed by atoms with Crippen molar-refractivity contribution in [3.63, 3.8) is 0 Å². The highest BCUT2D eigenvalue weighted by molar-refractivity contribution is 4.82. The zero-order chi connectivity index (χ0) is 6.57. The van der Waals surface area contributed by atoms with Crippen LogP contribution >= 0.6 is 0 Å². The second kappa shape index (κ2) is 3.46. The van der Waals surface area contributed by atoms with Gasteiger partial charge in [-0.3, -0.25) is 0 Å². The highest BCUT2D eigenvalue weighted by Gasteiger charge is 2.05. The van der Waals surface area contributed by atoms with Crippen LogP contribution in [0.2, 0.25) is 0 Å². The van der Waals surface area contributed by atoms with Crippen LogP contribution in [0.25, 0.3) is 0 Å². The summed E-state index contributed by atoms with van der Waals surface area (Å²) in [5, 5.41) is 8.57. The highest BCUT2D eigenvalue weighted by Crippen LogP contribution is 1.97. The zero-order valence-electron chi connectivity index (χ0n) is 5.05. The van der Waals surface area contributed by atoms with Crippen molar-refractivity contribution in [2.75, 3.05) is 14.2 Å². The van der Waals surface area contributed by atoms with Crippen LogP contribution in [-0.2, 0) is 9.47 Å². The van der Waals surface area contributed by atoms with Gasteiger partial charge in [0.15, 0.2) is 0 Å². The maximum atomic E-state index is 8.57. The van der Waals surface area contributed by atoms with E-state index in [9.17, 15) is 0 Å². The molecule has 3 nitrogen and oxygen atoms in total. The molecule has 0 saturated carbocycles. The second-order valence-electron chi connectivity index (χ2n) is 1.29. The molecule has 0 atom stereocenters. The first-order valence-corrected chi connectivity index (χ1v) is 2.15. The SMILES string of the molecule is C=C(O)C(OC)OC. The summed E-state index contributed by atoms with van der Waals surface area (Å²) in [4.78, 5) is 0. The van der Waals surface area contributed by atoms with E-state index in [1.165, 1.54) is 14.2 Å². The van der Waals surface area contributed by atoms with Gasteiger partial charge < -0.3 is 14.6 Å². The number of aliphatic hydroxyl groups is 1. The van der Waals surface area contributed by atoms with Crippen molar-refractivity contribution in [1.29, 1.82) is 0 Å². The van der Waals surface area contributed by atoms with Crippen molar-refractivity contribution in [3.05, 3.63) is 12.3 Å². The van der Waals surface area contributed by atoms with Crippen LogP contribution in [0.15, 0.2) is 12.3 Å². The van der Waals surface area contributed by atoms with Gasteiger partial charge in [-0.15, -0.1) is 0 Å². The lowest BCUT2D eigenvalue weighted by Crippen LogP contribution is -2.14. The fourth-order valence-corrected chi connectivity index (χ4v) is 0.368. The minimum atomic E-state index is -0.685. The number of hydrogen-bond acceptors (Lipinski definition) is 3. The Labute approximate surface area is 48.5 Å².